The highest BCUT2D eigenvalue weighted by Crippen LogP contribution is 2.16. The standard InChI is InChI=1S/C49H93NO4/c1-3-5-7-9-11-13-15-17-19-21-23-24-25-27-29-31-33-35-37-39-41-43-48(53)47(45-51)50-49(54)44-46(52)42-40-38-36-34-32-30-28-26-22-20-18-16-14-12-10-8-6-4-2/h25,27,33,35,41,43,46-48,51-53H,3-24,26,28-32,34,36-40,42,44-45H2,1-2H3,(H,50,54)/b27-25+,35-33+,43-41+. The number of nitrogens with one attached hydrogen (secondary N) is 1. The first-order chi connectivity index (χ1) is 26.5. The number of aliphatic hydroxyl groups is 3. The van der Waals surface area contributed by atoms with Crippen molar-refractivity contribution in [3.63, 3.8) is 0 Å². The number of rotatable bonds is 43. The Hall–Kier alpha value is -1.43. The topological polar surface area (TPSA) is 89.8 Å². The molecule has 318 valence electrons. The normalized spacial score (nSPS) is 13.8. The summed E-state index contributed by atoms with van der Waals surface area (Å²) in [6.07, 6.45) is 55.8. The Kier molecular flexibility index (Phi) is 43.1. The van der Waals surface area contributed by atoms with E-state index < -0.39 is 18.2 Å². The molecule has 0 aromatic heterocycles. The molecule has 0 radical (unpaired) electrons. The Bertz CT molecular complexity index is 840. The summed E-state index contributed by atoms with van der Waals surface area (Å²) < 4.78 is 0. The van der Waals surface area contributed by atoms with E-state index in [-0.39, 0.29) is 18.9 Å². The first-order valence-corrected chi connectivity index (χ1v) is 23.8. The van der Waals surface area contributed by atoms with Gasteiger partial charge < -0.3 is 20.6 Å². The van der Waals surface area contributed by atoms with Crippen LogP contribution in [0.1, 0.15) is 245 Å². The molecule has 5 heteroatoms. The van der Waals surface area contributed by atoms with Crippen molar-refractivity contribution in [3.8, 4) is 0 Å². The number of allylic oxidation sites excluding steroid dienone is 5. The smallest absolute Gasteiger partial charge is 0.222 e. The number of hydrogen-bond acceptors (Lipinski definition) is 4. The number of hydrogen-bond donors (Lipinski definition) is 4. The Morgan fingerprint density at radius 1 is 0.463 bits per heavy atom. The number of carbonyl (C=O) groups excluding carboxylic acids is 1. The van der Waals surface area contributed by atoms with Crippen molar-refractivity contribution in [2.24, 2.45) is 0 Å². The SMILES string of the molecule is CCCCCCCCCCCCC/C=C/CC/C=C/CC/C=C/C(O)C(CO)NC(=O)CC(O)CCCCCCCCCCCCCCCCCCCC. The minimum absolute atomic E-state index is 0.00519. The fourth-order valence-corrected chi connectivity index (χ4v) is 7.25. The quantitative estimate of drug-likeness (QED) is 0.0368. The van der Waals surface area contributed by atoms with Gasteiger partial charge in [-0.3, -0.25) is 4.79 Å². The third-order valence-electron chi connectivity index (χ3n) is 10.9. The van der Waals surface area contributed by atoms with Gasteiger partial charge in [0.25, 0.3) is 0 Å². The molecule has 1 amide bonds. The van der Waals surface area contributed by atoms with Gasteiger partial charge in [-0.25, -0.2) is 0 Å². The van der Waals surface area contributed by atoms with Crippen LogP contribution in [0.5, 0.6) is 0 Å². The van der Waals surface area contributed by atoms with Gasteiger partial charge in [0.15, 0.2) is 0 Å². The van der Waals surface area contributed by atoms with E-state index in [4.69, 9.17) is 0 Å². The Balaban J connectivity index is 3.70. The number of aliphatic hydroxyl groups excluding tert-OH is 3. The summed E-state index contributed by atoms with van der Waals surface area (Å²) in [5.74, 6) is -0.327. The van der Waals surface area contributed by atoms with Crippen LogP contribution in [0.15, 0.2) is 36.5 Å². The molecular formula is C49H93NO4. The van der Waals surface area contributed by atoms with E-state index in [2.05, 4.69) is 43.5 Å². The van der Waals surface area contributed by atoms with E-state index in [0.29, 0.717) is 6.42 Å². The van der Waals surface area contributed by atoms with Crippen molar-refractivity contribution in [3.05, 3.63) is 36.5 Å². The summed E-state index contributed by atoms with van der Waals surface area (Å²) >= 11 is 0. The molecule has 0 aromatic rings. The van der Waals surface area contributed by atoms with E-state index in [1.165, 1.54) is 180 Å². The summed E-state index contributed by atoms with van der Waals surface area (Å²) in [5, 5.41) is 33.3. The third kappa shape index (κ3) is 40.2. The van der Waals surface area contributed by atoms with Crippen LogP contribution in [0, 0.1) is 0 Å². The molecule has 0 aliphatic rings. The molecule has 0 aliphatic heterocycles. The summed E-state index contributed by atoms with van der Waals surface area (Å²) in [6, 6.07) is -0.765. The summed E-state index contributed by atoms with van der Waals surface area (Å²) in [5.41, 5.74) is 0. The highest BCUT2D eigenvalue weighted by atomic mass is 16.3. The Morgan fingerprint density at radius 3 is 1.19 bits per heavy atom. The van der Waals surface area contributed by atoms with E-state index in [1.807, 2.05) is 6.08 Å². The van der Waals surface area contributed by atoms with Gasteiger partial charge in [-0.05, 0) is 44.9 Å². The maximum Gasteiger partial charge on any atom is 0.222 e. The highest BCUT2D eigenvalue weighted by molar-refractivity contribution is 5.76. The molecule has 5 nitrogen and oxygen atoms in total. The molecule has 0 heterocycles. The lowest BCUT2D eigenvalue weighted by Gasteiger charge is -2.21. The molecule has 3 unspecified atom stereocenters. The lowest BCUT2D eigenvalue weighted by molar-refractivity contribution is -0.124. The molecule has 0 aliphatic carbocycles. The molecule has 0 saturated carbocycles. The second kappa shape index (κ2) is 44.3. The van der Waals surface area contributed by atoms with Crippen molar-refractivity contribution in [2.75, 3.05) is 6.61 Å². The van der Waals surface area contributed by atoms with Crippen molar-refractivity contribution in [1.29, 1.82) is 0 Å². The van der Waals surface area contributed by atoms with Crippen molar-refractivity contribution >= 4 is 5.91 Å². The third-order valence-corrected chi connectivity index (χ3v) is 10.9. The number of carbonyl (C=O) groups is 1. The van der Waals surface area contributed by atoms with Crippen molar-refractivity contribution in [1.82, 2.24) is 5.32 Å². The minimum Gasteiger partial charge on any atom is -0.394 e. The molecular weight excluding hydrogens is 667 g/mol. The average molecular weight is 760 g/mol. The van der Waals surface area contributed by atoms with Gasteiger partial charge in [-0.15, -0.1) is 0 Å². The zero-order valence-electron chi connectivity index (χ0n) is 36.1. The van der Waals surface area contributed by atoms with Crippen LogP contribution in [0.3, 0.4) is 0 Å². The molecule has 54 heavy (non-hydrogen) atoms. The predicted molar refractivity (Wildman–Crippen MR) is 236 cm³/mol. The second-order valence-corrected chi connectivity index (χ2v) is 16.4. The molecule has 0 spiro atoms. The highest BCUT2D eigenvalue weighted by Gasteiger charge is 2.20. The maximum atomic E-state index is 12.5. The first kappa shape index (κ1) is 52.6. The van der Waals surface area contributed by atoms with E-state index in [1.54, 1.807) is 6.08 Å². The van der Waals surface area contributed by atoms with Gasteiger partial charge in [0.1, 0.15) is 0 Å². The molecule has 3 atom stereocenters. The van der Waals surface area contributed by atoms with E-state index >= 15 is 0 Å². The monoisotopic (exact) mass is 760 g/mol. The van der Waals surface area contributed by atoms with E-state index in [9.17, 15) is 20.1 Å². The first-order valence-electron chi connectivity index (χ1n) is 23.8. The van der Waals surface area contributed by atoms with Crippen LogP contribution >= 0.6 is 0 Å². The van der Waals surface area contributed by atoms with Crippen LogP contribution in [-0.2, 0) is 4.79 Å². The maximum absolute atomic E-state index is 12.5. The largest absolute Gasteiger partial charge is 0.394 e. The molecule has 0 aromatic carbocycles. The van der Waals surface area contributed by atoms with Crippen LogP contribution in [0.2, 0.25) is 0 Å². The van der Waals surface area contributed by atoms with Gasteiger partial charge >= 0.3 is 0 Å². The number of amides is 1. The Morgan fingerprint density at radius 2 is 0.796 bits per heavy atom. The summed E-state index contributed by atoms with van der Waals surface area (Å²) in [6.45, 7) is 4.21. The summed E-state index contributed by atoms with van der Waals surface area (Å²) in [4.78, 5) is 12.5. The Labute approximate surface area is 336 Å². The van der Waals surface area contributed by atoms with Crippen LogP contribution in [-0.4, -0.2) is 46.1 Å². The van der Waals surface area contributed by atoms with Gasteiger partial charge in [0, 0.05) is 0 Å². The average Bonchev–Trinajstić information content (AvgIpc) is 3.16. The van der Waals surface area contributed by atoms with Gasteiger partial charge in [0.05, 0.1) is 31.3 Å². The second-order valence-electron chi connectivity index (χ2n) is 16.4. The van der Waals surface area contributed by atoms with Gasteiger partial charge in [-0.1, -0.05) is 230 Å². The van der Waals surface area contributed by atoms with E-state index in [0.717, 1.165) is 38.5 Å². The lowest BCUT2D eigenvalue weighted by atomic mass is 10.0. The molecule has 0 saturated heterocycles. The zero-order valence-corrected chi connectivity index (χ0v) is 36.1. The van der Waals surface area contributed by atoms with Crippen molar-refractivity contribution in [2.45, 2.75) is 263 Å². The predicted octanol–water partition coefficient (Wildman–Crippen LogP) is 13.9. The van der Waals surface area contributed by atoms with Crippen molar-refractivity contribution < 1.29 is 20.1 Å². The zero-order chi connectivity index (χ0) is 39.4. The van der Waals surface area contributed by atoms with Gasteiger partial charge in [-0.2, -0.15) is 0 Å². The summed E-state index contributed by atoms with van der Waals surface area (Å²) in [7, 11) is 0. The fourth-order valence-electron chi connectivity index (χ4n) is 7.25. The van der Waals surface area contributed by atoms with Crippen LogP contribution in [0.4, 0.5) is 0 Å². The number of unbranched alkanes of at least 4 members (excludes halogenated alkanes) is 30. The fraction of sp³-hybridized carbons (Fsp3) is 0.857. The molecule has 4 N–H and O–H groups in total. The minimum atomic E-state index is -0.958. The molecule has 0 bridgehead atoms. The molecule has 0 fully saturated rings. The lowest BCUT2D eigenvalue weighted by Crippen LogP contribution is -2.45. The van der Waals surface area contributed by atoms with Crippen LogP contribution in [0.25, 0.3) is 0 Å². The van der Waals surface area contributed by atoms with Gasteiger partial charge in [0.2, 0.25) is 5.91 Å². The van der Waals surface area contributed by atoms with Crippen LogP contribution < -0.4 is 5.32 Å². The molecule has 0 rings (SSSR count).